The van der Waals surface area contributed by atoms with Crippen molar-refractivity contribution < 1.29 is 14.3 Å². The molecule has 1 aliphatic heterocycles. The summed E-state index contributed by atoms with van der Waals surface area (Å²) in [7, 11) is 0. The molecule has 0 spiro atoms. The maximum Gasteiger partial charge on any atom is 0.233 e. The van der Waals surface area contributed by atoms with Crippen molar-refractivity contribution in [3.63, 3.8) is 0 Å². The minimum atomic E-state index is 0.0794. The smallest absolute Gasteiger partial charge is 0.233 e. The van der Waals surface area contributed by atoms with Crippen LogP contribution in [0.2, 0.25) is 0 Å². The molecule has 0 bridgehead atoms. The van der Waals surface area contributed by atoms with Gasteiger partial charge in [-0.05, 0) is 43.3 Å². The highest BCUT2D eigenvalue weighted by Gasteiger charge is 2.22. The van der Waals surface area contributed by atoms with Crippen LogP contribution in [-0.2, 0) is 4.79 Å². The van der Waals surface area contributed by atoms with Crippen LogP contribution in [0.4, 0.5) is 0 Å². The lowest BCUT2D eigenvalue weighted by Gasteiger charge is -2.34. The van der Waals surface area contributed by atoms with Crippen LogP contribution < -0.4 is 15.3 Å². The summed E-state index contributed by atoms with van der Waals surface area (Å²) in [4.78, 5) is 16.9. The molecule has 0 saturated carbocycles. The van der Waals surface area contributed by atoms with E-state index in [1.54, 1.807) is 0 Å². The first kappa shape index (κ1) is 23.9. The van der Waals surface area contributed by atoms with Crippen LogP contribution >= 0.6 is 11.8 Å². The van der Waals surface area contributed by atoms with E-state index in [-0.39, 0.29) is 11.7 Å². The summed E-state index contributed by atoms with van der Waals surface area (Å²) in [5.41, 5.74) is 0.837. The number of para-hydroxylation sites is 1. The number of nitrogen functional groups attached to an aromatic ring is 1. The van der Waals surface area contributed by atoms with Gasteiger partial charge in [0.2, 0.25) is 11.1 Å². The molecule has 180 valence electrons. The van der Waals surface area contributed by atoms with Gasteiger partial charge in [0.1, 0.15) is 18.1 Å². The molecule has 0 aliphatic carbocycles. The third-order valence-corrected chi connectivity index (χ3v) is 6.49. The van der Waals surface area contributed by atoms with Crippen molar-refractivity contribution in [3.05, 3.63) is 54.6 Å². The van der Waals surface area contributed by atoms with E-state index < -0.39 is 0 Å². The van der Waals surface area contributed by atoms with E-state index in [1.807, 2.05) is 66.4 Å². The number of hydrogen-bond acceptors (Lipinski definition) is 8. The lowest BCUT2D eigenvalue weighted by Crippen LogP contribution is -2.50. The minimum absolute atomic E-state index is 0.0794. The Kier molecular flexibility index (Phi) is 8.26. The van der Waals surface area contributed by atoms with E-state index in [9.17, 15) is 4.79 Å². The van der Waals surface area contributed by atoms with E-state index in [4.69, 9.17) is 15.3 Å². The van der Waals surface area contributed by atoms with Crippen molar-refractivity contribution in [3.8, 4) is 22.9 Å². The number of aromatic nitrogens is 3. The number of ether oxygens (including phenoxy) is 2. The Morgan fingerprint density at radius 3 is 2.38 bits per heavy atom. The summed E-state index contributed by atoms with van der Waals surface area (Å²) in [5, 5.41) is 8.87. The van der Waals surface area contributed by atoms with Crippen LogP contribution in [0.15, 0.2) is 59.8 Å². The van der Waals surface area contributed by atoms with Crippen molar-refractivity contribution in [1.29, 1.82) is 0 Å². The maximum absolute atomic E-state index is 12.7. The molecule has 1 saturated heterocycles. The number of hydrogen-bond donors (Lipinski definition) is 1. The van der Waals surface area contributed by atoms with Gasteiger partial charge >= 0.3 is 0 Å². The fourth-order valence-electron chi connectivity index (χ4n) is 3.69. The third kappa shape index (κ3) is 6.21. The number of amides is 1. The molecule has 0 radical (unpaired) electrons. The molecule has 2 N–H and O–H groups in total. The Balaban J connectivity index is 1.21. The Bertz CT molecular complexity index is 1050. The molecule has 2 heterocycles. The first-order chi connectivity index (χ1) is 16.6. The Morgan fingerprint density at radius 2 is 1.68 bits per heavy atom. The number of nitrogens with zero attached hydrogens (tertiary/aromatic N) is 5. The molecule has 1 fully saturated rings. The molecule has 0 unspecified atom stereocenters. The van der Waals surface area contributed by atoms with Gasteiger partial charge in [-0.3, -0.25) is 9.69 Å². The topological polar surface area (TPSA) is 98.7 Å². The number of thioether (sulfide) groups is 1. The van der Waals surface area contributed by atoms with Gasteiger partial charge < -0.3 is 20.2 Å². The van der Waals surface area contributed by atoms with Gasteiger partial charge in [-0.25, -0.2) is 4.68 Å². The molecule has 3 aromatic rings. The molecule has 34 heavy (non-hydrogen) atoms. The van der Waals surface area contributed by atoms with Gasteiger partial charge in [0.05, 0.1) is 12.4 Å². The van der Waals surface area contributed by atoms with Crippen LogP contribution in [0.5, 0.6) is 11.5 Å². The van der Waals surface area contributed by atoms with Gasteiger partial charge in [-0.15, -0.1) is 10.2 Å². The number of rotatable bonds is 10. The standard InChI is InChI=1S/C24H30N6O3S/c1-2-32-21-10-8-19(9-11-21)23-26-27-24(30(23)25)34-18-22(31)29-14-12-28(13-15-29)16-17-33-20-6-4-3-5-7-20/h3-11H,2,12-18,25H2,1H3. The number of carbonyl (C=O) groups excluding carboxylic acids is 1. The van der Waals surface area contributed by atoms with E-state index in [2.05, 4.69) is 15.1 Å². The first-order valence-corrected chi connectivity index (χ1v) is 12.4. The van der Waals surface area contributed by atoms with E-state index in [1.165, 1.54) is 16.4 Å². The number of piperazine rings is 1. The van der Waals surface area contributed by atoms with Crippen molar-refractivity contribution in [2.75, 3.05) is 57.5 Å². The predicted octanol–water partition coefficient (Wildman–Crippen LogP) is 2.37. The summed E-state index contributed by atoms with van der Waals surface area (Å²) < 4.78 is 12.7. The van der Waals surface area contributed by atoms with Crippen molar-refractivity contribution in [2.24, 2.45) is 0 Å². The minimum Gasteiger partial charge on any atom is -0.494 e. The Labute approximate surface area is 203 Å². The van der Waals surface area contributed by atoms with Crippen LogP contribution in [0.1, 0.15) is 6.92 Å². The molecule has 1 aliphatic rings. The molecule has 10 heteroatoms. The number of carbonyl (C=O) groups is 1. The zero-order valence-corrected chi connectivity index (χ0v) is 20.1. The van der Waals surface area contributed by atoms with E-state index >= 15 is 0 Å². The predicted molar refractivity (Wildman–Crippen MR) is 132 cm³/mol. The summed E-state index contributed by atoms with van der Waals surface area (Å²) >= 11 is 1.30. The quantitative estimate of drug-likeness (QED) is 0.347. The van der Waals surface area contributed by atoms with Gasteiger partial charge in [0.15, 0.2) is 5.82 Å². The highest BCUT2D eigenvalue weighted by atomic mass is 32.2. The number of benzene rings is 2. The number of nitrogens with two attached hydrogens (primary N) is 1. The first-order valence-electron chi connectivity index (χ1n) is 11.4. The van der Waals surface area contributed by atoms with Crippen molar-refractivity contribution in [1.82, 2.24) is 24.7 Å². The third-order valence-electron chi connectivity index (χ3n) is 5.56. The van der Waals surface area contributed by atoms with Crippen LogP contribution in [-0.4, -0.2) is 82.3 Å². The summed E-state index contributed by atoms with van der Waals surface area (Å²) in [6, 6.07) is 17.3. The SMILES string of the molecule is CCOc1ccc(-c2nnc(SCC(=O)N3CCN(CCOc4ccccc4)CC3)n2N)cc1. The average Bonchev–Trinajstić information content (AvgIpc) is 3.24. The molecule has 2 aromatic carbocycles. The molecule has 4 rings (SSSR count). The van der Waals surface area contributed by atoms with E-state index in [0.717, 1.165) is 36.7 Å². The van der Waals surface area contributed by atoms with Crippen LogP contribution in [0.25, 0.3) is 11.4 Å². The molecular weight excluding hydrogens is 452 g/mol. The second kappa shape index (κ2) is 11.8. The van der Waals surface area contributed by atoms with Crippen molar-refractivity contribution >= 4 is 17.7 Å². The second-order valence-electron chi connectivity index (χ2n) is 7.81. The largest absolute Gasteiger partial charge is 0.494 e. The zero-order valence-electron chi connectivity index (χ0n) is 19.3. The second-order valence-corrected chi connectivity index (χ2v) is 8.75. The lowest BCUT2D eigenvalue weighted by molar-refractivity contribution is -0.130. The highest BCUT2D eigenvalue weighted by Crippen LogP contribution is 2.24. The zero-order chi connectivity index (χ0) is 23.8. The van der Waals surface area contributed by atoms with Gasteiger partial charge in [0, 0.05) is 38.3 Å². The molecular formula is C24H30N6O3S. The summed E-state index contributed by atoms with van der Waals surface area (Å²) in [6.07, 6.45) is 0. The highest BCUT2D eigenvalue weighted by molar-refractivity contribution is 7.99. The normalized spacial score (nSPS) is 14.2. The molecule has 1 aromatic heterocycles. The summed E-state index contributed by atoms with van der Waals surface area (Å²) in [5.74, 6) is 8.77. The molecule has 9 nitrogen and oxygen atoms in total. The van der Waals surface area contributed by atoms with Crippen LogP contribution in [0, 0.1) is 0 Å². The maximum atomic E-state index is 12.7. The Hall–Kier alpha value is -3.24. The van der Waals surface area contributed by atoms with Gasteiger partial charge in [0.25, 0.3) is 0 Å². The van der Waals surface area contributed by atoms with Gasteiger partial charge in [-0.2, -0.15) is 0 Å². The Morgan fingerprint density at radius 1 is 0.971 bits per heavy atom. The fraction of sp³-hybridized carbons (Fsp3) is 0.375. The van der Waals surface area contributed by atoms with Crippen LogP contribution in [0.3, 0.4) is 0 Å². The van der Waals surface area contributed by atoms with Crippen molar-refractivity contribution in [2.45, 2.75) is 12.1 Å². The monoisotopic (exact) mass is 482 g/mol. The molecule has 1 amide bonds. The average molecular weight is 483 g/mol. The fourth-order valence-corrected chi connectivity index (χ4v) is 4.45. The molecule has 0 atom stereocenters. The summed E-state index contributed by atoms with van der Waals surface area (Å²) in [6.45, 7) is 7.12. The van der Waals surface area contributed by atoms with E-state index in [0.29, 0.717) is 37.3 Å². The lowest BCUT2D eigenvalue weighted by atomic mass is 10.2. The van der Waals surface area contributed by atoms with Gasteiger partial charge in [-0.1, -0.05) is 30.0 Å².